The van der Waals surface area contributed by atoms with E-state index in [0.29, 0.717) is 13.2 Å². The molecule has 0 N–H and O–H groups in total. The molecule has 0 radical (unpaired) electrons. The van der Waals surface area contributed by atoms with E-state index in [-0.39, 0.29) is 0 Å². The van der Waals surface area contributed by atoms with Crippen molar-refractivity contribution in [1.82, 2.24) is 0 Å². The first-order chi connectivity index (χ1) is 14.5. The van der Waals surface area contributed by atoms with Crippen LogP contribution in [0.25, 0.3) is 0 Å². The molecule has 30 heavy (non-hydrogen) atoms. The summed E-state index contributed by atoms with van der Waals surface area (Å²) >= 11 is -0.816. The Morgan fingerprint density at radius 3 is 1.60 bits per heavy atom. The van der Waals surface area contributed by atoms with Crippen LogP contribution in [0.15, 0.2) is 11.4 Å². The van der Waals surface area contributed by atoms with Crippen molar-refractivity contribution in [1.29, 1.82) is 0 Å². The second kappa shape index (κ2) is 16.3. The molecule has 6 heteroatoms. The first-order valence-electron chi connectivity index (χ1n) is 12.5. The Kier molecular flexibility index (Phi) is 15.6. The Morgan fingerprint density at radius 1 is 0.767 bits per heavy atom. The topological polar surface area (TPSA) is 35.5 Å². The van der Waals surface area contributed by atoms with Gasteiger partial charge in [-0.15, -0.1) is 0 Å². The van der Waals surface area contributed by atoms with Crippen LogP contribution in [0.4, 0.5) is 0 Å². The average Bonchev–Trinajstić information content (AvgIpc) is 3.25. The van der Waals surface area contributed by atoms with Crippen molar-refractivity contribution in [3.8, 4) is 0 Å². The van der Waals surface area contributed by atoms with Crippen molar-refractivity contribution >= 4 is 45.5 Å². The van der Waals surface area contributed by atoms with Gasteiger partial charge in [0, 0.05) is 0 Å². The fourth-order valence-electron chi connectivity index (χ4n) is 4.01. The third-order valence-corrected chi connectivity index (χ3v) is 28.1. The van der Waals surface area contributed by atoms with Gasteiger partial charge in [0.15, 0.2) is 0 Å². The number of rotatable bonds is 19. The molecule has 0 aromatic carbocycles. The van der Waals surface area contributed by atoms with E-state index in [4.69, 9.17) is 9.05 Å². The Bertz CT molecular complexity index is 569. The van der Waals surface area contributed by atoms with Gasteiger partial charge in [-0.3, -0.25) is 0 Å². The van der Waals surface area contributed by atoms with Crippen LogP contribution in [0.1, 0.15) is 98.8 Å². The van der Waals surface area contributed by atoms with Crippen LogP contribution in [0.3, 0.4) is 0 Å². The average molecular weight is 565 g/mol. The maximum atomic E-state index is 14.1. The molecule has 1 rings (SSSR count). The first kappa shape index (κ1) is 28.7. The summed E-state index contributed by atoms with van der Waals surface area (Å²) in [5.74, 6) is 0. The van der Waals surface area contributed by atoms with Gasteiger partial charge in [-0.2, -0.15) is 0 Å². The van der Waals surface area contributed by atoms with Gasteiger partial charge in [0.05, 0.1) is 0 Å². The van der Waals surface area contributed by atoms with Crippen molar-refractivity contribution < 1.29 is 13.6 Å². The van der Waals surface area contributed by atoms with Crippen LogP contribution >= 0.6 is 18.9 Å². The maximum absolute atomic E-state index is 14.1. The van der Waals surface area contributed by atoms with E-state index in [2.05, 4.69) is 46.1 Å². The molecule has 0 saturated heterocycles. The fourth-order valence-corrected chi connectivity index (χ4v) is 29.2. The van der Waals surface area contributed by atoms with Gasteiger partial charge in [0.25, 0.3) is 0 Å². The summed E-state index contributed by atoms with van der Waals surface area (Å²) in [4.78, 5) is 0. The molecule has 0 atom stereocenters. The molecule has 0 bridgehead atoms. The SMILES string of the molecule is CCCCOP(=O)(OCCCC)c1ccs[c]1[Sn]([CH2]CCC)([CH2]CCC)[CH2]CCC. The Labute approximate surface area is 195 Å². The monoisotopic (exact) mass is 566 g/mol. The molecule has 1 aromatic heterocycles. The normalized spacial score (nSPS) is 12.6. The molecule has 0 unspecified atom stereocenters. The van der Waals surface area contributed by atoms with Crippen molar-refractivity contribution in [3.05, 3.63) is 11.4 Å². The van der Waals surface area contributed by atoms with Crippen molar-refractivity contribution in [2.75, 3.05) is 13.2 Å². The van der Waals surface area contributed by atoms with E-state index in [1.165, 1.54) is 54.7 Å². The van der Waals surface area contributed by atoms with Crippen LogP contribution in [0, 0.1) is 0 Å². The van der Waals surface area contributed by atoms with E-state index in [0.717, 1.165) is 31.0 Å². The third-order valence-electron chi connectivity index (χ3n) is 5.97. The second-order valence-electron chi connectivity index (χ2n) is 8.60. The zero-order valence-corrected chi connectivity index (χ0v) is 24.9. The second-order valence-corrected chi connectivity index (χ2v) is 25.6. The Hall–Kier alpha value is 0.649. The molecule has 0 aliphatic heterocycles. The van der Waals surface area contributed by atoms with Gasteiger partial charge in [-0.25, -0.2) is 0 Å². The summed E-state index contributed by atoms with van der Waals surface area (Å²) in [6, 6.07) is 2.09. The molecule has 3 nitrogen and oxygen atoms in total. The Balaban J connectivity index is 3.37. The minimum atomic E-state index is -3.25. The summed E-state index contributed by atoms with van der Waals surface area (Å²) in [6.07, 6.45) is 11.6. The third kappa shape index (κ3) is 8.88. The molecule has 0 spiro atoms. The summed E-state index contributed by atoms with van der Waals surface area (Å²) in [5.41, 5.74) is 0. The summed E-state index contributed by atoms with van der Waals surface area (Å²) in [6.45, 7) is 12.2. The summed E-state index contributed by atoms with van der Waals surface area (Å²) < 4.78 is 31.9. The van der Waals surface area contributed by atoms with E-state index >= 15 is 0 Å². The van der Waals surface area contributed by atoms with Gasteiger partial charge in [0.2, 0.25) is 0 Å². The Morgan fingerprint density at radius 2 is 1.20 bits per heavy atom. The van der Waals surface area contributed by atoms with Gasteiger partial charge in [-0.05, 0) is 0 Å². The van der Waals surface area contributed by atoms with E-state index < -0.39 is 26.0 Å². The van der Waals surface area contributed by atoms with Crippen LogP contribution in [-0.2, 0) is 13.6 Å². The van der Waals surface area contributed by atoms with Gasteiger partial charge in [-0.1, -0.05) is 0 Å². The van der Waals surface area contributed by atoms with Crippen LogP contribution < -0.4 is 8.20 Å². The van der Waals surface area contributed by atoms with E-state index in [1.54, 1.807) is 0 Å². The van der Waals surface area contributed by atoms with Crippen LogP contribution in [0.5, 0.6) is 0 Å². The zero-order valence-electron chi connectivity index (χ0n) is 20.3. The molecule has 0 amide bonds. The quantitative estimate of drug-likeness (QED) is 0.0963. The van der Waals surface area contributed by atoms with Crippen molar-refractivity contribution in [3.63, 3.8) is 0 Å². The van der Waals surface area contributed by atoms with Crippen LogP contribution in [0.2, 0.25) is 13.3 Å². The molecule has 1 aromatic rings. The fraction of sp³-hybridized carbons (Fsp3) is 0.833. The number of thiophene rings is 1. The van der Waals surface area contributed by atoms with Crippen molar-refractivity contribution in [2.45, 2.75) is 112 Å². The molecule has 176 valence electrons. The minimum absolute atomic E-state index is 0.524. The molecule has 1 heterocycles. The molecule has 0 saturated carbocycles. The summed E-state index contributed by atoms with van der Waals surface area (Å²) in [7, 11) is -3.25. The van der Waals surface area contributed by atoms with Gasteiger partial charge in [0.1, 0.15) is 0 Å². The number of hydrogen-bond donors (Lipinski definition) is 0. The van der Waals surface area contributed by atoms with E-state index in [1.807, 2.05) is 11.3 Å². The predicted octanol–water partition coefficient (Wildman–Crippen LogP) is 8.26. The molecular formula is C24H47O3PSSn. The van der Waals surface area contributed by atoms with Gasteiger partial charge < -0.3 is 0 Å². The standard InChI is InChI=1S/C12H20O3PS.3C4H9.Sn/c1-3-5-8-14-16(13,15-9-6-4-2)12-7-10-17-11-12;3*1-3-4-2;/h7,10H,3-6,8-9H2,1-2H3;3*1,3-4H2,2H3;. The predicted molar refractivity (Wildman–Crippen MR) is 138 cm³/mol. The molecule has 0 fully saturated rings. The molecule has 0 aliphatic rings. The summed E-state index contributed by atoms with van der Waals surface area (Å²) in [5, 5.41) is 3.12. The molecule has 0 aliphatic carbocycles. The van der Waals surface area contributed by atoms with Gasteiger partial charge >= 0.3 is 196 Å². The van der Waals surface area contributed by atoms with E-state index in [9.17, 15) is 4.57 Å². The first-order valence-corrected chi connectivity index (χ1v) is 22.4. The zero-order chi connectivity index (χ0) is 22.3. The van der Waals surface area contributed by atoms with Crippen molar-refractivity contribution in [2.24, 2.45) is 0 Å². The number of hydrogen-bond acceptors (Lipinski definition) is 4. The number of unbranched alkanes of at least 4 members (excludes halogenated alkanes) is 5. The molecular weight excluding hydrogens is 518 g/mol. The van der Waals surface area contributed by atoms with Crippen LogP contribution in [-0.4, -0.2) is 31.6 Å².